The molecule has 0 fully saturated rings. The molecule has 50 heavy (non-hydrogen) atoms. The molecular weight excluding hydrogens is 629 g/mol. The van der Waals surface area contributed by atoms with E-state index in [1.54, 1.807) is 0 Å². The Labute approximate surface area is 291 Å². The fourth-order valence-corrected chi connectivity index (χ4v) is 8.97. The van der Waals surface area contributed by atoms with Gasteiger partial charge in [-0.15, -0.1) is 11.3 Å². The molecule has 11 aromatic rings. The van der Waals surface area contributed by atoms with Crippen LogP contribution in [-0.4, -0.2) is 18.7 Å². The molecule has 5 heteroatoms. The zero-order valence-corrected chi connectivity index (χ0v) is 27.7. The lowest BCUT2D eigenvalue weighted by Gasteiger charge is -2.12. The van der Waals surface area contributed by atoms with Crippen molar-refractivity contribution in [3.8, 4) is 28.5 Å². The molecule has 11 rings (SSSR count). The van der Waals surface area contributed by atoms with Crippen LogP contribution in [0.4, 0.5) is 0 Å². The van der Waals surface area contributed by atoms with Crippen molar-refractivity contribution >= 4 is 75.3 Å². The summed E-state index contributed by atoms with van der Waals surface area (Å²) in [6, 6.07) is 58.9. The SMILES string of the molecule is c1ccc(-n2ccc3c2ccc2c4cc5sc6ccccc6c5cc4n(-c4ccc(-c5nc6ccccc6n5-c5ccccc5)cc4)c23)cc1. The lowest BCUT2D eigenvalue weighted by Crippen LogP contribution is -1.98. The van der Waals surface area contributed by atoms with Gasteiger partial charge in [0.05, 0.1) is 27.6 Å². The van der Waals surface area contributed by atoms with Crippen molar-refractivity contribution in [1.82, 2.24) is 18.7 Å². The van der Waals surface area contributed by atoms with Crippen molar-refractivity contribution in [2.75, 3.05) is 0 Å². The molecule has 4 aromatic heterocycles. The maximum absolute atomic E-state index is 5.14. The fraction of sp³-hybridized carbons (Fsp3) is 0. The molecule has 0 spiro atoms. The van der Waals surface area contributed by atoms with E-state index in [4.69, 9.17) is 4.98 Å². The maximum atomic E-state index is 5.14. The Bertz CT molecular complexity index is 3070. The summed E-state index contributed by atoms with van der Waals surface area (Å²) < 4.78 is 9.66. The van der Waals surface area contributed by atoms with E-state index in [1.807, 2.05) is 11.3 Å². The Kier molecular flexibility index (Phi) is 5.80. The van der Waals surface area contributed by atoms with Gasteiger partial charge in [0, 0.05) is 65.2 Å². The van der Waals surface area contributed by atoms with Crippen LogP contribution < -0.4 is 0 Å². The molecule has 0 atom stereocenters. The normalized spacial score (nSPS) is 12.0. The molecule has 0 N–H and O–H groups in total. The lowest BCUT2D eigenvalue weighted by molar-refractivity contribution is 1.10. The number of benzene rings is 7. The summed E-state index contributed by atoms with van der Waals surface area (Å²) in [6.07, 6.45) is 2.20. The summed E-state index contributed by atoms with van der Waals surface area (Å²) >= 11 is 1.87. The van der Waals surface area contributed by atoms with Gasteiger partial charge < -0.3 is 9.13 Å². The third-order valence-electron chi connectivity index (χ3n) is 10.1. The molecule has 7 aromatic carbocycles. The highest BCUT2D eigenvalue weighted by Crippen LogP contribution is 2.43. The smallest absolute Gasteiger partial charge is 0.145 e. The number of para-hydroxylation sites is 4. The average Bonchev–Trinajstić information content (AvgIpc) is 3.95. The zero-order valence-electron chi connectivity index (χ0n) is 26.9. The molecule has 0 saturated carbocycles. The highest BCUT2D eigenvalue weighted by Gasteiger charge is 2.20. The highest BCUT2D eigenvalue weighted by atomic mass is 32.1. The molecule has 234 valence electrons. The predicted molar refractivity (Wildman–Crippen MR) is 211 cm³/mol. The first-order valence-electron chi connectivity index (χ1n) is 16.9. The topological polar surface area (TPSA) is 27.7 Å². The molecule has 0 saturated heterocycles. The lowest BCUT2D eigenvalue weighted by atomic mass is 10.1. The van der Waals surface area contributed by atoms with Gasteiger partial charge >= 0.3 is 0 Å². The number of hydrogen-bond donors (Lipinski definition) is 0. The number of fused-ring (bicyclic) bond motifs is 9. The summed E-state index contributed by atoms with van der Waals surface area (Å²) in [7, 11) is 0. The summed E-state index contributed by atoms with van der Waals surface area (Å²) in [5.41, 5.74) is 10.1. The predicted octanol–water partition coefficient (Wildman–Crippen LogP) is 12.1. The summed E-state index contributed by atoms with van der Waals surface area (Å²) in [6.45, 7) is 0. The molecule has 0 unspecified atom stereocenters. The van der Waals surface area contributed by atoms with Crippen molar-refractivity contribution in [2.24, 2.45) is 0 Å². The number of hydrogen-bond acceptors (Lipinski definition) is 2. The van der Waals surface area contributed by atoms with Crippen LogP contribution in [0.5, 0.6) is 0 Å². The second-order valence-electron chi connectivity index (χ2n) is 12.9. The van der Waals surface area contributed by atoms with E-state index < -0.39 is 0 Å². The quantitative estimate of drug-likeness (QED) is 0.185. The van der Waals surface area contributed by atoms with E-state index in [0.29, 0.717) is 0 Å². The van der Waals surface area contributed by atoms with E-state index in [0.717, 1.165) is 39.5 Å². The van der Waals surface area contributed by atoms with Crippen molar-refractivity contribution < 1.29 is 0 Å². The Morgan fingerprint density at radius 1 is 0.420 bits per heavy atom. The Morgan fingerprint density at radius 2 is 1.14 bits per heavy atom. The largest absolute Gasteiger partial charge is 0.316 e. The van der Waals surface area contributed by atoms with Crippen LogP contribution >= 0.6 is 11.3 Å². The maximum Gasteiger partial charge on any atom is 0.145 e. The number of imidazole rings is 1. The first-order chi connectivity index (χ1) is 24.8. The molecule has 4 nitrogen and oxygen atoms in total. The number of aromatic nitrogens is 4. The molecular formula is C45H28N4S. The minimum Gasteiger partial charge on any atom is -0.316 e. The van der Waals surface area contributed by atoms with E-state index in [9.17, 15) is 0 Å². The summed E-state index contributed by atoms with van der Waals surface area (Å²) in [4.78, 5) is 5.14. The molecule has 0 amide bonds. The summed E-state index contributed by atoms with van der Waals surface area (Å²) in [5.74, 6) is 0.931. The van der Waals surface area contributed by atoms with Crippen LogP contribution in [0.2, 0.25) is 0 Å². The van der Waals surface area contributed by atoms with Gasteiger partial charge in [-0.2, -0.15) is 0 Å². The van der Waals surface area contributed by atoms with E-state index >= 15 is 0 Å². The van der Waals surface area contributed by atoms with Crippen LogP contribution in [0, 0.1) is 0 Å². The van der Waals surface area contributed by atoms with Gasteiger partial charge in [-0.3, -0.25) is 4.57 Å². The van der Waals surface area contributed by atoms with Crippen LogP contribution in [0.3, 0.4) is 0 Å². The van der Waals surface area contributed by atoms with E-state index in [-0.39, 0.29) is 0 Å². The monoisotopic (exact) mass is 656 g/mol. The molecule has 0 bridgehead atoms. The molecule has 0 radical (unpaired) electrons. The van der Waals surface area contributed by atoms with Gasteiger partial charge in [-0.1, -0.05) is 72.8 Å². The van der Waals surface area contributed by atoms with Gasteiger partial charge in [0.1, 0.15) is 5.82 Å². The molecule has 4 heterocycles. The third-order valence-corrected chi connectivity index (χ3v) is 11.2. The minimum atomic E-state index is 0.931. The van der Waals surface area contributed by atoms with E-state index in [2.05, 4.69) is 184 Å². The molecule has 0 aliphatic rings. The first kappa shape index (κ1) is 27.5. The van der Waals surface area contributed by atoms with Crippen molar-refractivity contribution in [3.63, 3.8) is 0 Å². The second kappa shape index (κ2) is 10.5. The van der Waals surface area contributed by atoms with Gasteiger partial charge in [0.15, 0.2) is 0 Å². The third kappa shape index (κ3) is 3.95. The van der Waals surface area contributed by atoms with Crippen LogP contribution in [0.15, 0.2) is 170 Å². The van der Waals surface area contributed by atoms with E-state index in [1.165, 1.54) is 52.9 Å². The number of rotatable bonds is 4. The van der Waals surface area contributed by atoms with Gasteiger partial charge in [0.25, 0.3) is 0 Å². The number of nitrogens with zero attached hydrogens (tertiary/aromatic N) is 4. The fourth-order valence-electron chi connectivity index (χ4n) is 7.84. The minimum absolute atomic E-state index is 0.931. The van der Waals surface area contributed by atoms with Crippen molar-refractivity contribution in [2.45, 2.75) is 0 Å². The standard InChI is InChI=1S/C45H28N4S/c1-3-11-30(12-4-1)47-26-25-35-39(47)24-23-34-36-28-43-37(33-15-7-10-18-42(33)50-43)27-41(36)48(44(34)35)32-21-19-29(20-22-32)45-46-38-16-8-9-17-40(38)49(45)31-13-5-2-6-14-31/h1-28H. The Hall–Kier alpha value is -6.43. The first-order valence-corrected chi connectivity index (χ1v) is 17.7. The Balaban J connectivity index is 1.18. The Morgan fingerprint density at radius 3 is 1.98 bits per heavy atom. The molecule has 0 aliphatic heterocycles. The van der Waals surface area contributed by atoms with Gasteiger partial charge in [-0.05, 0) is 91.0 Å². The zero-order chi connectivity index (χ0) is 32.8. The van der Waals surface area contributed by atoms with Crippen molar-refractivity contribution in [3.05, 3.63) is 170 Å². The van der Waals surface area contributed by atoms with Crippen LogP contribution in [-0.2, 0) is 0 Å². The van der Waals surface area contributed by atoms with Gasteiger partial charge in [0.2, 0.25) is 0 Å². The summed E-state index contributed by atoms with van der Waals surface area (Å²) in [5, 5.41) is 6.36. The average molecular weight is 657 g/mol. The molecule has 0 aliphatic carbocycles. The number of thiophene rings is 1. The highest BCUT2D eigenvalue weighted by molar-refractivity contribution is 7.25. The van der Waals surface area contributed by atoms with Crippen molar-refractivity contribution in [1.29, 1.82) is 0 Å². The van der Waals surface area contributed by atoms with Gasteiger partial charge in [-0.25, -0.2) is 4.98 Å². The second-order valence-corrected chi connectivity index (χ2v) is 13.9. The van der Waals surface area contributed by atoms with Crippen LogP contribution in [0.1, 0.15) is 0 Å². The van der Waals surface area contributed by atoms with Crippen LogP contribution in [0.25, 0.3) is 92.4 Å².